The molecule has 0 N–H and O–H groups in total. The molecule has 3 heteroatoms. The van der Waals surface area contributed by atoms with E-state index in [-0.39, 0.29) is 11.6 Å². The van der Waals surface area contributed by atoms with E-state index in [0.29, 0.717) is 17.6 Å². The Bertz CT molecular complexity index is 801. The van der Waals surface area contributed by atoms with Crippen LogP contribution in [0.3, 0.4) is 0 Å². The molecule has 1 saturated carbocycles. The van der Waals surface area contributed by atoms with Gasteiger partial charge in [0.25, 0.3) is 0 Å². The van der Waals surface area contributed by atoms with E-state index in [0.717, 1.165) is 29.7 Å². The van der Waals surface area contributed by atoms with Crippen molar-refractivity contribution in [1.82, 2.24) is 0 Å². The minimum Gasteiger partial charge on any atom is -0.497 e. The van der Waals surface area contributed by atoms with Gasteiger partial charge in [-0.2, -0.15) is 0 Å². The summed E-state index contributed by atoms with van der Waals surface area (Å²) in [5.74, 6) is 0.497. The summed E-state index contributed by atoms with van der Waals surface area (Å²) in [5.41, 5.74) is 2.87. The molecule has 1 aliphatic carbocycles. The number of Topliss-reactive ketones (excluding diaryl/α,β-unsaturated/α-hetero) is 1. The first-order chi connectivity index (χ1) is 11.7. The van der Waals surface area contributed by atoms with Crippen molar-refractivity contribution in [1.29, 1.82) is 0 Å². The molecule has 1 fully saturated rings. The molecular formula is C21H19FO2. The van der Waals surface area contributed by atoms with Crippen molar-refractivity contribution in [2.24, 2.45) is 0 Å². The maximum absolute atomic E-state index is 13.8. The maximum atomic E-state index is 13.8. The molecule has 0 aromatic heterocycles. The fourth-order valence-electron chi connectivity index (χ4n) is 2.86. The molecule has 2 nitrogen and oxygen atoms in total. The Hall–Kier alpha value is -2.68. The molecule has 3 rings (SSSR count). The van der Waals surface area contributed by atoms with Crippen LogP contribution in [0.4, 0.5) is 4.39 Å². The van der Waals surface area contributed by atoms with E-state index in [1.165, 1.54) is 6.07 Å². The third kappa shape index (κ3) is 3.62. The number of benzene rings is 2. The number of allylic oxidation sites excluding steroid dienone is 2. The molecule has 0 saturated heterocycles. The number of rotatable bonds is 3. The number of halogens is 1. The van der Waals surface area contributed by atoms with Gasteiger partial charge in [-0.05, 0) is 55.2 Å². The van der Waals surface area contributed by atoms with Crippen molar-refractivity contribution in [2.45, 2.75) is 19.3 Å². The predicted molar refractivity (Wildman–Crippen MR) is 94.2 cm³/mol. The first-order valence-corrected chi connectivity index (χ1v) is 8.02. The van der Waals surface area contributed by atoms with E-state index >= 15 is 0 Å². The van der Waals surface area contributed by atoms with Crippen molar-refractivity contribution < 1.29 is 13.9 Å². The lowest BCUT2D eigenvalue weighted by Gasteiger charge is -2.16. The van der Waals surface area contributed by atoms with Crippen LogP contribution in [-0.2, 0) is 4.79 Å². The summed E-state index contributed by atoms with van der Waals surface area (Å²) in [6, 6.07) is 14.1. The van der Waals surface area contributed by atoms with Crippen LogP contribution < -0.4 is 4.74 Å². The first-order valence-electron chi connectivity index (χ1n) is 8.02. The first kappa shape index (κ1) is 16.2. The summed E-state index contributed by atoms with van der Waals surface area (Å²) in [7, 11) is 1.62. The Balaban J connectivity index is 1.87. The Morgan fingerprint density at radius 3 is 2.29 bits per heavy atom. The van der Waals surface area contributed by atoms with Crippen molar-refractivity contribution in [2.75, 3.05) is 7.11 Å². The van der Waals surface area contributed by atoms with E-state index in [2.05, 4.69) is 0 Å². The number of ketones is 1. The molecule has 1 aliphatic rings. The minimum atomic E-state index is -0.302. The zero-order chi connectivity index (χ0) is 16.9. The van der Waals surface area contributed by atoms with Crippen molar-refractivity contribution in [3.8, 4) is 5.75 Å². The lowest BCUT2D eigenvalue weighted by molar-refractivity contribution is -0.112. The highest BCUT2D eigenvalue weighted by Crippen LogP contribution is 2.28. The van der Waals surface area contributed by atoms with Gasteiger partial charge >= 0.3 is 0 Å². The Kier molecular flexibility index (Phi) is 4.90. The zero-order valence-electron chi connectivity index (χ0n) is 13.6. The highest BCUT2D eigenvalue weighted by molar-refractivity contribution is 6.13. The fraction of sp³-hybridized carbons (Fsp3) is 0.190. The monoisotopic (exact) mass is 322 g/mol. The normalized spacial score (nSPS) is 18.2. The highest BCUT2D eigenvalue weighted by atomic mass is 19.1. The van der Waals surface area contributed by atoms with Gasteiger partial charge in [-0.15, -0.1) is 0 Å². The van der Waals surface area contributed by atoms with Gasteiger partial charge in [-0.25, -0.2) is 4.39 Å². The van der Waals surface area contributed by atoms with Crippen LogP contribution in [0.2, 0.25) is 0 Å². The molecule has 0 spiro atoms. The van der Waals surface area contributed by atoms with Crippen LogP contribution in [0.5, 0.6) is 5.75 Å². The predicted octanol–water partition coefficient (Wildman–Crippen LogP) is 5.05. The molecule has 24 heavy (non-hydrogen) atoms. The number of methoxy groups -OCH3 is 1. The summed E-state index contributed by atoms with van der Waals surface area (Å²) < 4.78 is 18.9. The van der Waals surface area contributed by atoms with Crippen LogP contribution in [-0.4, -0.2) is 12.9 Å². The maximum Gasteiger partial charge on any atom is 0.185 e. The Labute approximate surface area is 141 Å². The van der Waals surface area contributed by atoms with Gasteiger partial charge in [-0.1, -0.05) is 30.3 Å². The van der Waals surface area contributed by atoms with Gasteiger partial charge in [0.05, 0.1) is 7.11 Å². The molecular weight excluding hydrogens is 303 g/mol. The van der Waals surface area contributed by atoms with E-state index in [4.69, 9.17) is 4.74 Å². The molecule has 0 aliphatic heterocycles. The van der Waals surface area contributed by atoms with E-state index in [1.54, 1.807) is 31.4 Å². The van der Waals surface area contributed by atoms with Gasteiger partial charge in [0.1, 0.15) is 11.6 Å². The zero-order valence-corrected chi connectivity index (χ0v) is 13.6. The van der Waals surface area contributed by atoms with Crippen LogP contribution in [0.25, 0.3) is 12.2 Å². The van der Waals surface area contributed by atoms with Crippen LogP contribution in [0.15, 0.2) is 59.7 Å². The number of hydrogen-bond acceptors (Lipinski definition) is 2. The highest BCUT2D eigenvalue weighted by Gasteiger charge is 2.20. The molecule has 2 aromatic rings. The van der Waals surface area contributed by atoms with E-state index < -0.39 is 0 Å². The Morgan fingerprint density at radius 2 is 1.62 bits per heavy atom. The van der Waals surface area contributed by atoms with E-state index in [9.17, 15) is 9.18 Å². The average molecular weight is 322 g/mol. The van der Waals surface area contributed by atoms with Crippen molar-refractivity contribution >= 4 is 17.9 Å². The number of carbonyl (C=O) groups is 1. The smallest absolute Gasteiger partial charge is 0.185 e. The molecule has 0 radical (unpaired) electrons. The lowest BCUT2D eigenvalue weighted by atomic mass is 9.87. The molecule has 0 heterocycles. The number of hydrogen-bond donors (Lipinski definition) is 0. The molecule has 2 aromatic carbocycles. The van der Waals surface area contributed by atoms with Crippen LogP contribution in [0, 0.1) is 5.82 Å². The second kappa shape index (κ2) is 7.26. The molecule has 122 valence electrons. The van der Waals surface area contributed by atoms with Crippen molar-refractivity contribution in [3.63, 3.8) is 0 Å². The molecule has 0 amide bonds. The topological polar surface area (TPSA) is 26.3 Å². The second-order valence-electron chi connectivity index (χ2n) is 5.82. The summed E-state index contributed by atoms with van der Waals surface area (Å²) >= 11 is 0. The third-order valence-corrected chi connectivity index (χ3v) is 4.17. The largest absolute Gasteiger partial charge is 0.497 e. The summed E-state index contributed by atoms with van der Waals surface area (Å²) in [6.45, 7) is 0. The van der Waals surface area contributed by atoms with Gasteiger partial charge in [0, 0.05) is 16.7 Å². The second-order valence-corrected chi connectivity index (χ2v) is 5.82. The van der Waals surface area contributed by atoms with Gasteiger partial charge in [-0.3, -0.25) is 4.79 Å². The van der Waals surface area contributed by atoms with Crippen LogP contribution in [0.1, 0.15) is 30.4 Å². The molecule has 0 unspecified atom stereocenters. The Morgan fingerprint density at radius 1 is 0.958 bits per heavy atom. The molecule has 0 atom stereocenters. The third-order valence-electron chi connectivity index (χ3n) is 4.17. The summed E-state index contributed by atoms with van der Waals surface area (Å²) in [4.78, 5) is 12.7. The SMILES string of the molecule is COc1ccc(/C=C2\CCC/C(=C\c3ccccc3F)C2=O)cc1. The number of carbonyl (C=O) groups excluding carboxylic acids is 1. The number of ether oxygens (including phenoxy) is 1. The lowest BCUT2D eigenvalue weighted by Crippen LogP contribution is -2.12. The van der Waals surface area contributed by atoms with Gasteiger partial charge in [0.15, 0.2) is 5.78 Å². The fourth-order valence-corrected chi connectivity index (χ4v) is 2.86. The molecule has 0 bridgehead atoms. The van der Waals surface area contributed by atoms with Gasteiger partial charge in [0.2, 0.25) is 0 Å². The summed E-state index contributed by atoms with van der Waals surface area (Å²) in [6.07, 6.45) is 5.93. The van der Waals surface area contributed by atoms with E-state index in [1.807, 2.05) is 30.3 Å². The standard InChI is InChI=1S/C21H19FO2/c1-24-19-11-9-15(10-12-19)13-17-6-4-7-18(21(17)23)14-16-5-2-3-8-20(16)22/h2-3,5,8-14H,4,6-7H2,1H3/b17-13+,18-14+. The van der Waals surface area contributed by atoms with Crippen molar-refractivity contribution in [3.05, 3.63) is 76.6 Å². The summed E-state index contributed by atoms with van der Waals surface area (Å²) in [5, 5.41) is 0. The minimum absolute atomic E-state index is 0.0142. The van der Waals surface area contributed by atoms with Gasteiger partial charge < -0.3 is 4.74 Å². The van der Waals surface area contributed by atoms with Crippen LogP contribution >= 0.6 is 0 Å². The quantitative estimate of drug-likeness (QED) is 0.739. The average Bonchev–Trinajstić information content (AvgIpc) is 2.61.